The highest BCUT2D eigenvalue weighted by Crippen LogP contribution is 2.69. The minimum absolute atomic E-state index is 0.0620. The van der Waals surface area contributed by atoms with Crippen molar-refractivity contribution < 1.29 is 19.4 Å². The van der Waals surface area contributed by atoms with Crippen LogP contribution in [-0.4, -0.2) is 63.9 Å². The molecule has 3 saturated heterocycles. The van der Waals surface area contributed by atoms with Crippen molar-refractivity contribution in [1.82, 2.24) is 9.80 Å². The molecule has 0 amide bonds. The van der Waals surface area contributed by atoms with Gasteiger partial charge in [-0.2, -0.15) is 0 Å². The number of carbonyl (C=O) groups is 2. The lowest BCUT2D eigenvalue weighted by Crippen LogP contribution is -2.65. The smallest absolute Gasteiger partial charge is 0.270 e. The minimum Gasteiger partial charge on any atom is -0.301 e. The molecule has 236 valence electrons. The van der Waals surface area contributed by atoms with E-state index in [2.05, 4.69) is 9.80 Å². The Morgan fingerprint density at radius 3 is 2.32 bits per heavy atom. The first kappa shape index (κ1) is 29.3. The molecule has 4 aromatic carbocycles. The molecular weight excluding hydrogens is 596 g/mol. The number of ketones is 2. The lowest BCUT2D eigenvalue weighted by atomic mass is 9.54. The second kappa shape index (κ2) is 10.5. The SMILES string of the molecule is CN1C/C(=C\c2cccc([N+](=O)[O-])c2)C(=O)[C@]2(C1)[C@@H](c1cccc([N+](=O)[O-])c1)[C@@H]1CCCCN1[C@@]21C(=O)c2cccc3cccc1c23. The zero-order valence-electron chi connectivity index (χ0n) is 25.8. The number of nitrogens with zero attached hydrogens (tertiary/aromatic N) is 4. The first-order valence-corrected chi connectivity index (χ1v) is 15.9. The van der Waals surface area contributed by atoms with E-state index in [4.69, 9.17) is 0 Å². The summed E-state index contributed by atoms with van der Waals surface area (Å²) in [5, 5.41) is 25.4. The summed E-state index contributed by atoms with van der Waals surface area (Å²) in [6.07, 6.45) is 4.22. The van der Waals surface area contributed by atoms with E-state index in [0.29, 0.717) is 28.8 Å². The van der Waals surface area contributed by atoms with Crippen molar-refractivity contribution in [3.8, 4) is 0 Å². The number of likely N-dealkylation sites (N-methyl/N-ethyl adjacent to an activating group) is 1. The molecule has 47 heavy (non-hydrogen) atoms. The molecule has 8 rings (SSSR count). The summed E-state index contributed by atoms with van der Waals surface area (Å²) in [7, 11) is 1.93. The molecular formula is C37H32N4O6. The Labute approximate surface area is 270 Å². The van der Waals surface area contributed by atoms with Crippen LogP contribution in [0.25, 0.3) is 16.8 Å². The Morgan fingerprint density at radius 2 is 1.55 bits per heavy atom. The first-order chi connectivity index (χ1) is 22.7. The van der Waals surface area contributed by atoms with E-state index in [1.807, 2.05) is 49.5 Å². The molecule has 4 atom stereocenters. The normalized spacial score (nSPS) is 28.1. The third-order valence-corrected chi connectivity index (χ3v) is 10.9. The van der Waals surface area contributed by atoms with Crippen molar-refractivity contribution >= 4 is 39.8 Å². The molecule has 0 unspecified atom stereocenters. The van der Waals surface area contributed by atoms with Gasteiger partial charge in [0.1, 0.15) is 5.54 Å². The van der Waals surface area contributed by atoms with E-state index in [9.17, 15) is 20.2 Å². The van der Waals surface area contributed by atoms with Gasteiger partial charge in [-0.25, -0.2) is 0 Å². The van der Waals surface area contributed by atoms with Crippen LogP contribution in [0.4, 0.5) is 11.4 Å². The molecule has 10 heteroatoms. The molecule has 3 heterocycles. The quantitative estimate of drug-likeness (QED) is 0.147. The summed E-state index contributed by atoms with van der Waals surface area (Å²) in [4.78, 5) is 58.2. The summed E-state index contributed by atoms with van der Waals surface area (Å²) in [6.45, 7) is 1.15. The van der Waals surface area contributed by atoms with Crippen molar-refractivity contribution in [2.45, 2.75) is 36.8 Å². The van der Waals surface area contributed by atoms with Gasteiger partial charge in [0.2, 0.25) is 0 Å². The molecule has 0 radical (unpaired) electrons. The number of likely N-dealkylation sites (tertiary alicyclic amines) is 1. The monoisotopic (exact) mass is 628 g/mol. The zero-order chi connectivity index (χ0) is 32.7. The average molecular weight is 629 g/mol. The molecule has 0 aromatic heterocycles. The maximum absolute atomic E-state index is 15.7. The topological polar surface area (TPSA) is 127 Å². The van der Waals surface area contributed by atoms with E-state index in [-0.39, 0.29) is 42.1 Å². The summed E-state index contributed by atoms with van der Waals surface area (Å²) in [5.41, 5.74) is 0.182. The van der Waals surface area contributed by atoms with E-state index in [0.717, 1.165) is 35.6 Å². The van der Waals surface area contributed by atoms with E-state index >= 15 is 9.59 Å². The molecule has 3 fully saturated rings. The van der Waals surface area contributed by atoms with E-state index < -0.39 is 26.7 Å². The Kier molecular flexibility index (Phi) is 6.54. The first-order valence-electron chi connectivity index (χ1n) is 15.9. The molecule has 0 N–H and O–H groups in total. The third-order valence-electron chi connectivity index (χ3n) is 10.9. The van der Waals surface area contributed by atoms with Crippen LogP contribution in [-0.2, 0) is 10.3 Å². The van der Waals surface area contributed by atoms with Crippen molar-refractivity contribution in [2.24, 2.45) is 5.41 Å². The molecule has 3 aliphatic heterocycles. The number of piperidine rings is 2. The lowest BCUT2D eigenvalue weighted by Gasteiger charge is -2.52. The van der Waals surface area contributed by atoms with Crippen LogP contribution in [0.3, 0.4) is 0 Å². The molecule has 1 aliphatic carbocycles. The maximum Gasteiger partial charge on any atom is 0.270 e. The summed E-state index contributed by atoms with van der Waals surface area (Å²) in [6, 6.07) is 24.2. The highest BCUT2D eigenvalue weighted by atomic mass is 16.6. The standard InChI is InChI=1S/C37H32N4O6/c1-38-21-26(18-23-8-4-12-27(19-23)40(44)45)34(42)36(22-38)33(25-11-5-13-28(20-25)41(46)47)31-16-2-3-17-39(31)37(36)30-15-7-10-24-9-6-14-29(32(24)30)35(37)43/h4-15,18-20,31,33H,2-3,16-17,21-22H2,1H3/b26-18+/t31-,33-,36-,37-/m0/s1. The van der Waals surface area contributed by atoms with Crippen LogP contribution in [0.2, 0.25) is 0 Å². The number of nitro benzene ring substituents is 2. The number of nitro groups is 2. The fourth-order valence-corrected chi connectivity index (χ4v) is 9.51. The molecule has 0 saturated carbocycles. The maximum atomic E-state index is 15.7. The summed E-state index contributed by atoms with van der Waals surface area (Å²) < 4.78 is 0. The van der Waals surface area contributed by atoms with Gasteiger partial charge in [0, 0.05) is 60.5 Å². The van der Waals surface area contributed by atoms with Gasteiger partial charge in [0.25, 0.3) is 11.4 Å². The molecule has 0 bridgehead atoms. The van der Waals surface area contributed by atoms with Crippen LogP contribution >= 0.6 is 0 Å². The summed E-state index contributed by atoms with van der Waals surface area (Å²) >= 11 is 0. The van der Waals surface area contributed by atoms with Gasteiger partial charge in [-0.05, 0) is 60.0 Å². The van der Waals surface area contributed by atoms with E-state index in [1.54, 1.807) is 30.3 Å². The Morgan fingerprint density at radius 1 is 0.851 bits per heavy atom. The van der Waals surface area contributed by atoms with Gasteiger partial charge in [-0.1, -0.05) is 67.1 Å². The van der Waals surface area contributed by atoms with Crippen molar-refractivity contribution in [3.05, 3.63) is 133 Å². The van der Waals surface area contributed by atoms with Crippen molar-refractivity contribution in [3.63, 3.8) is 0 Å². The number of hydrogen-bond acceptors (Lipinski definition) is 8. The summed E-state index contributed by atoms with van der Waals surface area (Å²) in [5.74, 6) is -0.839. The fraction of sp³-hybridized carbons (Fsp3) is 0.297. The number of fused-ring (bicyclic) bond motifs is 4. The number of non-ortho nitro benzene ring substituents is 2. The Bertz CT molecular complexity index is 2070. The number of Topliss-reactive ketones (excluding diaryl/α,β-unsaturated/α-hetero) is 2. The largest absolute Gasteiger partial charge is 0.301 e. The van der Waals surface area contributed by atoms with Gasteiger partial charge >= 0.3 is 0 Å². The number of benzene rings is 4. The minimum atomic E-state index is -1.36. The highest BCUT2D eigenvalue weighted by Gasteiger charge is 2.77. The zero-order valence-corrected chi connectivity index (χ0v) is 25.8. The predicted octanol–water partition coefficient (Wildman–Crippen LogP) is 6.28. The Balaban J connectivity index is 1.45. The second-order valence-corrected chi connectivity index (χ2v) is 13.3. The average Bonchev–Trinajstić information content (AvgIpc) is 3.48. The lowest BCUT2D eigenvalue weighted by molar-refractivity contribution is -0.385. The van der Waals surface area contributed by atoms with Crippen LogP contribution in [0, 0.1) is 25.6 Å². The van der Waals surface area contributed by atoms with Crippen LogP contribution in [0.15, 0.2) is 90.5 Å². The number of hydrogen-bond donors (Lipinski definition) is 0. The molecule has 4 aromatic rings. The third kappa shape index (κ3) is 3.91. The van der Waals surface area contributed by atoms with Crippen LogP contribution < -0.4 is 0 Å². The van der Waals surface area contributed by atoms with Crippen molar-refractivity contribution in [1.29, 1.82) is 0 Å². The van der Waals surface area contributed by atoms with Crippen LogP contribution in [0.5, 0.6) is 0 Å². The number of carbonyl (C=O) groups excluding carboxylic acids is 2. The fourth-order valence-electron chi connectivity index (χ4n) is 9.51. The second-order valence-electron chi connectivity index (χ2n) is 13.3. The molecule has 10 nitrogen and oxygen atoms in total. The van der Waals surface area contributed by atoms with Crippen LogP contribution in [0.1, 0.15) is 52.2 Å². The molecule has 4 aliphatic rings. The molecule has 2 spiro atoms. The van der Waals surface area contributed by atoms with Gasteiger partial charge in [-0.3, -0.25) is 34.7 Å². The Hall–Kier alpha value is -5.06. The van der Waals surface area contributed by atoms with Gasteiger partial charge < -0.3 is 4.90 Å². The highest BCUT2D eigenvalue weighted by molar-refractivity contribution is 6.24. The predicted molar refractivity (Wildman–Crippen MR) is 176 cm³/mol. The van der Waals surface area contributed by atoms with Gasteiger partial charge in [-0.15, -0.1) is 0 Å². The number of rotatable bonds is 4. The van der Waals surface area contributed by atoms with Crippen molar-refractivity contribution in [2.75, 3.05) is 26.7 Å². The van der Waals surface area contributed by atoms with Gasteiger partial charge in [0.15, 0.2) is 11.6 Å². The van der Waals surface area contributed by atoms with E-state index in [1.165, 1.54) is 18.2 Å². The van der Waals surface area contributed by atoms with Gasteiger partial charge in [0.05, 0.1) is 15.3 Å².